The summed E-state index contributed by atoms with van der Waals surface area (Å²) in [6.45, 7) is 5.63. The summed E-state index contributed by atoms with van der Waals surface area (Å²) in [4.78, 5) is 13.4. The molecule has 10 nitrogen and oxygen atoms in total. The molecule has 4 aromatic rings. The average Bonchev–Trinajstić information content (AvgIpc) is 3.00. The van der Waals surface area contributed by atoms with Gasteiger partial charge in [-0.15, -0.1) is 0 Å². The van der Waals surface area contributed by atoms with Crippen LogP contribution in [0.1, 0.15) is 36.7 Å². The van der Waals surface area contributed by atoms with E-state index < -0.39 is 15.9 Å². The second-order valence-corrected chi connectivity index (χ2v) is 12.5. The first-order valence-electron chi connectivity index (χ1n) is 13.8. The summed E-state index contributed by atoms with van der Waals surface area (Å²) >= 11 is 0. The highest BCUT2D eigenvalue weighted by atomic mass is 32.2. The number of sulfonamides is 1. The van der Waals surface area contributed by atoms with Gasteiger partial charge in [-0.25, -0.2) is 8.42 Å². The number of aliphatic hydroxyl groups is 1. The van der Waals surface area contributed by atoms with E-state index in [9.17, 15) is 18.3 Å². The van der Waals surface area contributed by atoms with Crippen LogP contribution in [0, 0.1) is 0 Å². The fourth-order valence-corrected chi connectivity index (χ4v) is 5.25. The van der Waals surface area contributed by atoms with E-state index >= 15 is 0 Å². The molecule has 0 unspecified atom stereocenters. The van der Waals surface area contributed by atoms with Gasteiger partial charge in [-0.3, -0.25) is 9.52 Å². The predicted octanol–water partition coefficient (Wildman–Crippen LogP) is 6.22. The van der Waals surface area contributed by atoms with E-state index in [2.05, 4.69) is 10.0 Å². The number of carbonyl (C=O) groups excluding carboxylic acids is 1. The number of carbonyl (C=O) groups is 1. The number of nitrogens with one attached hydrogen (secondary N) is 2. The van der Waals surface area contributed by atoms with Crippen LogP contribution in [-0.4, -0.2) is 46.9 Å². The van der Waals surface area contributed by atoms with Crippen molar-refractivity contribution in [3.8, 4) is 28.7 Å². The van der Waals surface area contributed by atoms with Crippen LogP contribution in [0.4, 0.5) is 11.4 Å². The monoisotopic (exact) mass is 620 g/mol. The third kappa shape index (κ3) is 8.00. The molecular formula is C33H36N2O8S. The number of anilines is 2. The molecule has 1 amide bonds. The van der Waals surface area contributed by atoms with Crippen molar-refractivity contribution in [2.24, 2.45) is 0 Å². The van der Waals surface area contributed by atoms with Crippen molar-refractivity contribution in [1.82, 2.24) is 0 Å². The number of hydrogen-bond acceptors (Lipinski definition) is 8. The van der Waals surface area contributed by atoms with Crippen molar-refractivity contribution in [2.45, 2.75) is 31.1 Å². The van der Waals surface area contributed by atoms with Crippen LogP contribution >= 0.6 is 0 Å². The molecule has 0 aliphatic heterocycles. The molecular weight excluding hydrogens is 584 g/mol. The van der Waals surface area contributed by atoms with Gasteiger partial charge < -0.3 is 29.4 Å². The molecule has 0 saturated heterocycles. The van der Waals surface area contributed by atoms with Gasteiger partial charge in [-0.2, -0.15) is 0 Å². The Balaban J connectivity index is 1.81. The minimum Gasteiger partial charge on any atom is -0.497 e. The van der Waals surface area contributed by atoms with Crippen LogP contribution in [0.15, 0.2) is 89.8 Å². The van der Waals surface area contributed by atoms with E-state index in [0.29, 0.717) is 22.9 Å². The largest absolute Gasteiger partial charge is 0.497 e. The normalized spacial score (nSPS) is 11.4. The zero-order valence-electron chi connectivity index (χ0n) is 25.2. The van der Waals surface area contributed by atoms with Crippen LogP contribution in [0.3, 0.4) is 0 Å². The van der Waals surface area contributed by atoms with Gasteiger partial charge in [0.2, 0.25) is 0 Å². The molecule has 0 heterocycles. The van der Waals surface area contributed by atoms with Crippen LogP contribution in [0.2, 0.25) is 0 Å². The zero-order valence-corrected chi connectivity index (χ0v) is 26.0. The van der Waals surface area contributed by atoms with E-state index in [0.717, 1.165) is 5.56 Å². The zero-order chi connectivity index (χ0) is 31.9. The Hall–Kier alpha value is -4.74. The molecule has 0 aliphatic rings. The summed E-state index contributed by atoms with van der Waals surface area (Å²) in [6.07, 6.45) is 0. The number of aliphatic hydroxyl groups excluding tert-OH is 1. The van der Waals surface area contributed by atoms with Gasteiger partial charge in [0.15, 0.2) is 11.5 Å². The van der Waals surface area contributed by atoms with Gasteiger partial charge in [-0.05, 0) is 59.5 Å². The summed E-state index contributed by atoms with van der Waals surface area (Å²) in [5.74, 6) is 0.843. The quantitative estimate of drug-likeness (QED) is 0.170. The summed E-state index contributed by atoms with van der Waals surface area (Å²) in [6, 6.07) is 22.8. The van der Waals surface area contributed by atoms with Gasteiger partial charge in [-0.1, -0.05) is 45.0 Å². The van der Waals surface area contributed by atoms with E-state index in [1.807, 2.05) is 20.8 Å². The van der Waals surface area contributed by atoms with Crippen molar-refractivity contribution in [1.29, 1.82) is 0 Å². The summed E-state index contributed by atoms with van der Waals surface area (Å²) in [7, 11) is -1.13. The Bertz CT molecular complexity index is 1720. The minimum atomic E-state index is -4.16. The second kappa shape index (κ2) is 13.7. The average molecular weight is 621 g/mol. The highest BCUT2D eigenvalue weighted by Gasteiger charge is 2.24. The topological polar surface area (TPSA) is 132 Å². The molecule has 3 N–H and O–H groups in total. The molecule has 0 radical (unpaired) electrons. The number of ether oxygens (including phenoxy) is 4. The fourth-order valence-electron chi connectivity index (χ4n) is 4.20. The molecule has 0 saturated carbocycles. The lowest BCUT2D eigenvalue weighted by atomic mass is 9.87. The number of hydrogen-bond donors (Lipinski definition) is 3. The first kappa shape index (κ1) is 32.2. The maximum atomic E-state index is 13.7. The minimum absolute atomic E-state index is 0.0143. The molecule has 4 rings (SSSR count). The highest BCUT2D eigenvalue weighted by molar-refractivity contribution is 7.92. The van der Waals surface area contributed by atoms with Gasteiger partial charge in [0.25, 0.3) is 15.9 Å². The number of amides is 1. The molecule has 0 aliphatic carbocycles. The van der Waals surface area contributed by atoms with Crippen LogP contribution in [0.25, 0.3) is 0 Å². The smallest absolute Gasteiger partial charge is 0.262 e. The van der Waals surface area contributed by atoms with E-state index in [-0.39, 0.29) is 46.3 Å². The lowest BCUT2D eigenvalue weighted by molar-refractivity contribution is 0.102. The number of rotatable bonds is 12. The summed E-state index contributed by atoms with van der Waals surface area (Å²) in [5, 5.41) is 12.3. The van der Waals surface area contributed by atoms with Crippen molar-refractivity contribution >= 4 is 27.3 Å². The highest BCUT2D eigenvalue weighted by Crippen LogP contribution is 2.42. The molecule has 0 spiro atoms. The predicted molar refractivity (Wildman–Crippen MR) is 169 cm³/mol. The van der Waals surface area contributed by atoms with E-state index in [1.165, 1.54) is 38.5 Å². The van der Waals surface area contributed by atoms with Gasteiger partial charge in [0.05, 0.1) is 31.4 Å². The van der Waals surface area contributed by atoms with Gasteiger partial charge >= 0.3 is 0 Å². The Morgan fingerprint density at radius 2 is 1.48 bits per heavy atom. The number of methoxy groups -OCH3 is 2. The first-order valence-corrected chi connectivity index (χ1v) is 15.2. The summed E-state index contributed by atoms with van der Waals surface area (Å²) < 4.78 is 52.3. The van der Waals surface area contributed by atoms with Crippen LogP contribution < -0.4 is 29.0 Å². The lowest BCUT2D eigenvalue weighted by Gasteiger charge is -2.20. The summed E-state index contributed by atoms with van der Waals surface area (Å²) in [5.41, 5.74) is 1.27. The Morgan fingerprint density at radius 1 is 0.841 bits per heavy atom. The molecule has 4 aromatic carbocycles. The fraction of sp³-hybridized carbons (Fsp3) is 0.242. The Labute approximate surface area is 257 Å². The molecule has 0 aromatic heterocycles. The standard InChI is InChI=1S/C33H36N2O8S/c1-33(2,3)23-12-14-28(15-13-23)44(38,39)35-29-18-22(32(37)34-24-8-6-9-25(20-24)40-4)19-30(42-17-16-36)31(29)43-27-11-7-10-26(21-27)41-5/h6-15,18-21,35-36H,16-17H2,1-5H3,(H,34,37). The van der Waals surface area contributed by atoms with Crippen molar-refractivity contribution in [2.75, 3.05) is 37.5 Å². The van der Waals surface area contributed by atoms with Crippen LogP contribution in [0.5, 0.6) is 28.7 Å². The number of benzene rings is 4. The molecule has 232 valence electrons. The third-order valence-electron chi connectivity index (χ3n) is 6.53. The first-order chi connectivity index (χ1) is 20.9. The van der Waals surface area contributed by atoms with Gasteiger partial charge in [0, 0.05) is 23.4 Å². The Morgan fingerprint density at radius 3 is 2.11 bits per heavy atom. The van der Waals surface area contributed by atoms with Crippen molar-refractivity contribution < 1.29 is 37.3 Å². The molecule has 0 bridgehead atoms. The Kier molecular flexibility index (Phi) is 10.0. The maximum Gasteiger partial charge on any atom is 0.262 e. The SMILES string of the molecule is COc1cccc(NC(=O)c2cc(NS(=O)(=O)c3ccc(C(C)(C)C)cc3)c(Oc3cccc(OC)c3)c(OCCO)c2)c1. The lowest BCUT2D eigenvalue weighted by Crippen LogP contribution is -2.17. The third-order valence-corrected chi connectivity index (χ3v) is 7.91. The molecule has 0 fully saturated rings. The van der Waals surface area contributed by atoms with Crippen LogP contribution in [-0.2, 0) is 15.4 Å². The van der Waals surface area contributed by atoms with Crippen molar-refractivity contribution in [3.63, 3.8) is 0 Å². The molecule has 0 atom stereocenters. The maximum absolute atomic E-state index is 13.7. The van der Waals surface area contributed by atoms with E-state index in [1.54, 1.807) is 60.7 Å². The van der Waals surface area contributed by atoms with Crippen molar-refractivity contribution in [3.05, 3.63) is 96.1 Å². The molecule has 44 heavy (non-hydrogen) atoms. The van der Waals surface area contributed by atoms with Gasteiger partial charge in [0.1, 0.15) is 23.9 Å². The molecule has 11 heteroatoms. The van der Waals surface area contributed by atoms with E-state index in [4.69, 9.17) is 18.9 Å². The second-order valence-electron chi connectivity index (χ2n) is 10.8.